The molecular weight excluding hydrogens is 556 g/mol. The number of amidine groups is 1. The molecule has 17 heteroatoms. The van der Waals surface area contributed by atoms with Crippen LogP contribution < -0.4 is 5.32 Å². The summed E-state index contributed by atoms with van der Waals surface area (Å²) < 4.78 is 7.42. The number of hydrogen-bond acceptors (Lipinski definition) is 13. The minimum Gasteiger partial charge on any atom is -0.394 e. The van der Waals surface area contributed by atoms with Crippen molar-refractivity contribution in [2.45, 2.75) is 80.3 Å². The van der Waals surface area contributed by atoms with Crippen LogP contribution in [-0.4, -0.2) is 129 Å². The van der Waals surface area contributed by atoms with Gasteiger partial charge in [-0.05, 0) is 13.8 Å². The van der Waals surface area contributed by atoms with Crippen LogP contribution in [0.3, 0.4) is 0 Å². The summed E-state index contributed by atoms with van der Waals surface area (Å²) in [6.07, 6.45) is -4.15. The molecule has 0 saturated carbocycles. The maximum absolute atomic E-state index is 13.4. The van der Waals surface area contributed by atoms with Crippen molar-refractivity contribution in [3.8, 4) is 0 Å². The fraction of sp³-hybridized carbons (Fsp3) is 0.682. The van der Waals surface area contributed by atoms with Gasteiger partial charge in [0.05, 0.1) is 19.0 Å². The molecular formula is C22H31ClN8O7S. The number of alkyl halides is 1. The lowest BCUT2D eigenvalue weighted by Gasteiger charge is -2.54. The molecule has 8 atom stereocenters. The normalized spacial score (nSPS) is 35.7. The number of fused-ring (bicyclic) bond motifs is 1. The highest BCUT2D eigenvalue weighted by Crippen LogP contribution is 2.43. The number of hydrogen-bond donors (Lipinski definition) is 4. The Hall–Kier alpha value is -2.63. The topological polar surface area (TPSA) is 195 Å². The molecule has 4 rings (SSSR count). The van der Waals surface area contributed by atoms with E-state index in [0.29, 0.717) is 10.9 Å². The maximum atomic E-state index is 13.4. The number of ether oxygens (including phenoxy) is 1. The third-order valence-corrected chi connectivity index (χ3v) is 8.72. The van der Waals surface area contributed by atoms with Crippen molar-refractivity contribution in [1.82, 2.24) is 29.9 Å². The molecule has 214 valence electrons. The van der Waals surface area contributed by atoms with E-state index in [1.165, 1.54) is 43.8 Å². The summed E-state index contributed by atoms with van der Waals surface area (Å²) in [7, 11) is 1.79. The van der Waals surface area contributed by atoms with E-state index in [2.05, 4.69) is 20.5 Å². The minimum absolute atomic E-state index is 0.0562. The number of nitrogens with one attached hydrogen (secondary N) is 1. The summed E-state index contributed by atoms with van der Waals surface area (Å²) in [5.41, 5.74) is -1.88. The van der Waals surface area contributed by atoms with E-state index in [4.69, 9.17) is 21.3 Å². The van der Waals surface area contributed by atoms with Crippen LogP contribution in [0.25, 0.3) is 0 Å². The van der Waals surface area contributed by atoms with Gasteiger partial charge in [-0.15, -0.1) is 10.2 Å². The summed E-state index contributed by atoms with van der Waals surface area (Å²) >= 11 is 8.18. The molecule has 0 spiro atoms. The number of aromatic nitrogens is 3. The van der Waals surface area contributed by atoms with Crippen LogP contribution in [0.4, 0.5) is 0 Å². The highest BCUT2D eigenvalue weighted by molar-refractivity contribution is 7.99. The van der Waals surface area contributed by atoms with Crippen molar-refractivity contribution in [3.05, 3.63) is 6.33 Å². The lowest BCUT2D eigenvalue weighted by molar-refractivity contribution is -0.162. The Morgan fingerprint density at radius 2 is 1.95 bits per heavy atom. The van der Waals surface area contributed by atoms with Crippen molar-refractivity contribution in [2.24, 2.45) is 17.0 Å². The molecule has 1 aromatic heterocycles. The average Bonchev–Trinajstić information content (AvgIpc) is 3.54. The van der Waals surface area contributed by atoms with Gasteiger partial charge in [0.15, 0.2) is 29.1 Å². The van der Waals surface area contributed by atoms with E-state index in [1.807, 2.05) is 0 Å². The Morgan fingerprint density at radius 3 is 2.46 bits per heavy atom. The number of thioether (sulfide) groups is 1. The molecule has 1 aromatic rings. The number of ketones is 2. The third-order valence-electron chi connectivity index (χ3n) is 6.90. The first kappa shape index (κ1) is 29.4. The fourth-order valence-electron chi connectivity index (χ4n) is 4.89. The number of aliphatic hydroxyl groups excluding tert-OH is 3. The van der Waals surface area contributed by atoms with E-state index in [0.717, 1.165) is 4.90 Å². The van der Waals surface area contributed by atoms with Crippen LogP contribution in [-0.2, 0) is 26.2 Å². The predicted octanol–water partition coefficient (Wildman–Crippen LogP) is -1.94. The number of carbonyl (C=O) groups excluding carboxylic acids is 3. The van der Waals surface area contributed by atoms with Gasteiger partial charge in [0.2, 0.25) is 11.4 Å². The van der Waals surface area contributed by atoms with Crippen LogP contribution in [0.2, 0.25) is 0 Å². The number of halogens is 1. The number of amides is 1. The molecule has 3 aliphatic heterocycles. The van der Waals surface area contributed by atoms with Crippen LogP contribution >= 0.6 is 23.4 Å². The number of aryl methyl sites for hydroxylation is 1. The Balaban J connectivity index is 1.81. The van der Waals surface area contributed by atoms with Crippen molar-refractivity contribution >= 4 is 53.0 Å². The van der Waals surface area contributed by atoms with Crippen molar-refractivity contribution < 1.29 is 34.4 Å². The SMILES string of the molecule is CC(=O)N1C2N([C@@H]3O[C@H](CO)C(O)C3O)C=NC2(C(C)=O)C(=N[C@H](C)CSc2nncn2C)NC1(Cl)C(C)=O. The van der Waals surface area contributed by atoms with Gasteiger partial charge in [-0.2, -0.15) is 0 Å². The van der Waals surface area contributed by atoms with Gasteiger partial charge in [0.1, 0.15) is 30.5 Å². The van der Waals surface area contributed by atoms with Gasteiger partial charge < -0.3 is 34.8 Å². The molecule has 2 fully saturated rings. The minimum atomic E-state index is -2.17. The third kappa shape index (κ3) is 4.72. The maximum Gasteiger partial charge on any atom is 0.253 e. The number of nitrogens with zero attached hydrogens (tertiary/aromatic N) is 7. The number of aliphatic imine (C=N–C) groups is 2. The van der Waals surface area contributed by atoms with Gasteiger partial charge in [-0.25, -0.2) is 4.99 Å². The second-order valence-electron chi connectivity index (χ2n) is 9.67. The first-order valence-electron chi connectivity index (χ1n) is 12.1. The molecule has 0 radical (unpaired) electrons. The lowest BCUT2D eigenvalue weighted by Crippen LogP contribution is -2.81. The first-order chi connectivity index (χ1) is 18.3. The Kier molecular flexibility index (Phi) is 8.08. The van der Waals surface area contributed by atoms with Gasteiger partial charge in [-0.3, -0.25) is 24.3 Å². The smallest absolute Gasteiger partial charge is 0.253 e. The number of Topliss-reactive ketones (excluding diaryl/α,β-unsaturated/α-hetero) is 2. The standard InChI is InChI=1S/C22H31ClN8O7S/c1-10(7-39-20-28-25-9-29(20)5)26-18-21(11(2)33)19(31(13(4)35)22(23,27-18)12(3)34)30(8-24-21)17-16(37)15(36)14(6-32)38-17/h8-10,14-17,19,32,36-37H,6-7H2,1-5H3,(H,26,27)/t10-,14-,15?,16?,17-,19?,21?,22?/m1/s1. The second-order valence-corrected chi connectivity index (χ2v) is 11.2. The highest BCUT2D eigenvalue weighted by Gasteiger charge is 2.68. The molecule has 4 N–H and O–H groups in total. The summed E-state index contributed by atoms with van der Waals surface area (Å²) in [5.74, 6) is -1.54. The zero-order valence-electron chi connectivity index (χ0n) is 21.9. The Labute approximate surface area is 233 Å². The van der Waals surface area contributed by atoms with Crippen LogP contribution in [0.1, 0.15) is 27.7 Å². The van der Waals surface area contributed by atoms with Gasteiger partial charge in [-0.1, -0.05) is 23.4 Å². The monoisotopic (exact) mass is 586 g/mol. The molecule has 15 nitrogen and oxygen atoms in total. The van der Waals surface area contributed by atoms with E-state index < -0.39 is 71.5 Å². The summed E-state index contributed by atoms with van der Waals surface area (Å²) in [6.45, 7) is 4.79. The quantitative estimate of drug-likeness (QED) is 0.150. The Bertz CT molecular complexity index is 1210. The molecule has 0 bridgehead atoms. The van der Waals surface area contributed by atoms with Crippen molar-refractivity contribution in [2.75, 3.05) is 12.4 Å². The van der Waals surface area contributed by atoms with Gasteiger partial charge in [0.25, 0.3) is 5.12 Å². The summed E-state index contributed by atoms with van der Waals surface area (Å²) in [6, 6.07) is -0.457. The molecule has 1 amide bonds. The summed E-state index contributed by atoms with van der Waals surface area (Å²) in [5, 5.41) is 39.9. The average molecular weight is 587 g/mol. The van der Waals surface area contributed by atoms with E-state index in [9.17, 15) is 29.7 Å². The van der Waals surface area contributed by atoms with Gasteiger partial charge in [0, 0.05) is 26.6 Å². The van der Waals surface area contributed by atoms with Crippen LogP contribution in [0.15, 0.2) is 21.5 Å². The number of carbonyl (C=O) groups is 3. The second kappa shape index (κ2) is 10.7. The first-order valence-corrected chi connectivity index (χ1v) is 13.4. The van der Waals surface area contributed by atoms with E-state index in [1.54, 1.807) is 24.9 Å². The molecule has 39 heavy (non-hydrogen) atoms. The lowest BCUT2D eigenvalue weighted by atomic mass is 9.85. The largest absolute Gasteiger partial charge is 0.394 e. The zero-order chi connectivity index (χ0) is 28.9. The molecule has 0 aliphatic carbocycles. The van der Waals surface area contributed by atoms with E-state index in [-0.39, 0.29) is 5.84 Å². The van der Waals surface area contributed by atoms with E-state index >= 15 is 0 Å². The molecule has 2 saturated heterocycles. The van der Waals surface area contributed by atoms with Crippen LogP contribution in [0, 0.1) is 0 Å². The fourth-order valence-corrected chi connectivity index (χ4v) is 6.01. The molecule has 3 aliphatic rings. The molecule has 5 unspecified atom stereocenters. The molecule has 4 heterocycles. The highest BCUT2D eigenvalue weighted by atomic mass is 35.5. The predicted molar refractivity (Wildman–Crippen MR) is 139 cm³/mol. The number of rotatable bonds is 8. The number of aliphatic hydroxyl groups is 3. The van der Waals surface area contributed by atoms with Crippen molar-refractivity contribution in [3.63, 3.8) is 0 Å². The summed E-state index contributed by atoms with van der Waals surface area (Å²) in [4.78, 5) is 50.8. The van der Waals surface area contributed by atoms with Crippen molar-refractivity contribution in [1.29, 1.82) is 0 Å². The van der Waals surface area contributed by atoms with Crippen LogP contribution in [0.5, 0.6) is 0 Å². The van der Waals surface area contributed by atoms with Gasteiger partial charge >= 0.3 is 0 Å². The zero-order valence-corrected chi connectivity index (χ0v) is 23.5. The molecule has 0 aromatic carbocycles. The Morgan fingerprint density at radius 1 is 1.26 bits per heavy atom.